The van der Waals surface area contributed by atoms with Crippen molar-refractivity contribution in [3.63, 3.8) is 0 Å². The number of rotatable bonds is 2. The maximum Gasteiger partial charge on any atom is 0.416 e. The second kappa shape index (κ2) is 7.66. The summed E-state index contributed by atoms with van der Waals surface area (Å²) in [5.41, 5.74) is -0.160. The quantitative estimate of drug-likeness (QED) is 0.679. The fourth-order valence-electron chi connectivity index (χ4n) is 2.79. The maximum absolute atomic E-state index is 13.0. The Balaban J connectivity index is 2.36. The second-order valence-electron chi connectivity index (χ2n) is 7.56. The molecule has 0 aliphatic heterocycles. The molecule has 2 rings (SSSR count). The molecular formula is C21H23F3N2O2. The minimum absolute atomic E-state index is 0.0616. The van der Waals surface area contributed by atoms with Crippen LogP contribution in [0.1, 0.15) is 52.6 Å². The van der Waals surface area contributed by atoms with Gasteiger partial charge in [-0.3, -0.25) is 9.59 Å². The first-order chi connectivity index (χ1) is 12.8. The molecule has 0 spiro atoms. The molecule has 0 bridgehead atoms. The smallest absolute Gasteiger partial charge is 0.267 e. The molecule has 28 heavy (non-hydrogen) atoms. The first kappa shape index (κ1) is 21.5. The van der Waals surface area contributed by atoms with E-state index in [2.05, 4.69) is 0 Å². The van der Waals surface area contributed by atoms with Crippen molar-refractivity contribution in [2.45, 2.75) is 39.4 Å². The van der Waals surface area contributed by atoms with Gasteiger partial charge in [0, 0.05) is 18.2 Å². The molecule has 0 heterocycles. The highest BCUT2D eigenvalue weighted by Crippen LogP contribution is 2.30. The van der Waals surface area contributed by atoms with E-state index in [1.165, 1.54) is 17.1 Å². The summed E-state index contributed by atoms with van der Waals surface area (Å²) in [6, 6.07) is 10.9. The zero-order chi connectivity index (χ0) is 21.3. The Morgan fingerprint density at radius 2 is 1.21 bits per heavy atom. The van der Waals surface area contributed by atoms with E-state index in [9.17, 15) is 22.8 Å². The first-order valence-electron chi connectivity index (χ1n) is 8.69. The van der Waals surface area contributed by atoms with Crippen LogP contribution in [0.4, 0.5) is 13.2 Å². The van der Waals surface area contributed by atoms with E-state index in [-0.39, 0.29) is 5.56 Å². The molecule has 0 unspecified atom stereocenters. The molecule has 4 nitrogen and oxygen atoms in total. The molecule has 0 saturated carbocycles. The van der Waals surface area contributed by atoms with Gasteiger partial charge in [0.25, 0.3) is 11.8 Å². The van der Waals surface area contributed by atoms with Crippen LogP contribution in [0.3, 0.4) is 0 Å². The molecule has 2 amide bonds. The number of amides is 2. The van der Waals surface area contributed by atoms with E-state index < -0.39 is 29.1 Å². The summed E-state index contributed by atoms with van der Waals surface area (Å²) in [7, 11) is 1.47. The summed E-state index contributed by atoms with van der Waals surface area (Å²) in [5, 5.41) is 2.45. The van der Waals surface area contributed by atoms with E-state index in [0.717, 1.165) is 29.8 Å². The van der Waals surface area contributed by atoms with Crippen molar-refractivity contribution in [3.05, 3.63) is 70.8 Å². The highest BCUT2D eigenvalue weighted by Gasteiger charge is 2.35. The number of hydrazine groups is 1. The molecule has 0 N–H and O–H groups in total. The molecule has 0 aliphatic rings. The Labute approximate surface area is 162 Å². The molecule has 0 atom stereocenters. The lowest BCUT2D eigenvalue weighted by atomic mass is 10.0. The van der Waals surface area contributed by atoms with E-state index in [1.54, 1.807) is 45.0 Å². The van der Waals surface area contributed by atoms with Crippen LogP contribution in [-0.4, -0.2) is 34.4 Å². The maximum atomic E-state index is 13.0. The third kappa shape index (κ3) is 4.71. The van der Waals surface area contributed by atoms with Gasteiger partial charge in [0.05, 0.1) is 11.1 Å². The van der Waals surface area contributed by atoms with E-state index >= 15 is 0 Å². The standard InChI is InChI=1S/C21H23F3N2O2/c1-14-6-8-15(9-7-14)18(27)25(5)26(20(2,3)4)19(28)16-10-12-17(13-11-16)21(22,23)24/h6-13H,1-5H3. The van der Waals surface area contributed by atoms with Crippen LogP contribution in [0.5, 0.6) is 0 Å². The number of nitrogens with zero attached hydrogens (tertiary/aromatic N) is 2. The third-order valence-corrected chi connectivity index (χ3v) is 4.18. The lowest BCUT2D eigenvalue weighted by Crippen LogP contribution is -2.56. The van der Waals surface area contributed by atoms with Crippen molar-refractivity contribution in [3.8, 4) is 0 Å². The fraction of sp³-hybridized carbons (Fsp3) is 0.333. The van der Waals surface area contributed by atoms with Gasteiger partial charge < -0.3 is 0 Å². The molecule has 7 heteroatoms. The Bertz CT molecular complexity index is 851. The molecule has 0 aliphatic carbocycles. The molecule has 0 radical (unpaired) electrons. The predicted octanol–water partition coefficient (Wildman–Crippen LogP) is 4.94. The van der Waals surface area contributed by atoms with Gasteiger partial charge in [-0.05, 0) is 64.1 Å². The number of carbonyl (C=O) groups is 2. The van der Waals surface area contributed by atoms with Gasteiger partial charge in [0.2, 0.25) is 0 Å². The Hall–Kier alpha value is -2.83. The summed E-state index contributed by atoms with van der Waals surface area (Å²) < 4.78 is 38.3. The lowest BCUT2D eigenvalue weighted by Gasteiger charge is -2.41. The van der Waals surface area contributed by atoms with Crippen LogP contribution in [0.25, 0.3) is 0 Å². The molecule has 0 saturated heterocycles. The Morgan fingerprint density at radius 1 is 0.786 bits per heavy atom. The number of halogens is 3. The summed E-state index contributed by atoms with van der Waals surface area (Å²) in [5.74, 6) is -0.959. The van der Waals surface area contributed by atoms with Gasteiger partial charge in [0.1, 0.15) is 0 Å². The van der Waals surface area contributed by atoms with Crippen molar-refractivity contribution in [1.29, 1.82) is 0 Å². The minimum atomic E-state index is -4.48. The topological polar surface area (TPSA) is 40.6 Å². The van der Waals surface area contributed by atoms with Crippen molar-refractivity contribution in [2.75, 3.05) is 7.05 Å². The van der Waals surface area contributed by atoms with Gasteiger partial charge >= 0.3 is 6.18 Å². The number of hydrogen-bond acceptors (Lipinski definition) is 2. The molecule has 2 aromatic rings. The molecule has 150 valence electrons. The van der Waals surface area contributed by atoms with Gasteiger partial charge in [-0.15, -0.1) is 0 Å². The van der Waals surface area contributed by atoms with E-state index in [0.29, 0.717) is 5.56 Å². The number of hydrogen-bond donors (Lipinski definition) is 0. The molecule has 2 aromatic carbocycles. The van der Waals surface area contributed by atoms with Crippen LogP contribution in [-0.2, 0) is 6.18 Å². The van der Waals surface area contributed by atoms with Crippen molar-refractivity contribution < 1.29 is 22.8 Å². The summed E-state index contributed by atoms with van der Waals surface area (Å²) in [6.45, 7) is 7.13. The van der Waals surface area contributed by atoms with Crippen LogP contribution >= 0.6 is 0 Å². The SMILES string of the molecule is Cc1ccc(C(=O)N(C)N(C(=O)c2ccc(C(F)(F)F)cc2)C(C)(C)C)cc1. The Morgan fingerprint density at radius 3 is 1.64 bits per heavy atom. The second-order valence-corrected chi connectivity index (χ2v) is 7.56. The average molecular weight is 392 g/mol. The van der Waals surface area contributed by atoms with E-state index in [1.807, 2.05) is 6.92 Å². The number of alkyl halides is 3. The van der Waals surface area contributed by atoms with Crippen LogP contribution in [0, 0.1) is 6.92 Å². The zero-order valence-electron chi connectivity index (χ0n) is 16.5. The van der Waals surface area contributed by atoms with Crippen LogP contribution < -0.4 is 0 Å². The van der Waals surface area contributed by atoms with Crippen molar-refractivity contribution in [2.24, 2.45) is 0 Å². The normalized spacial score (nSPS) is 11.9. The van der Waals surface area contributed by atoms with Crippen LogP contribution in [0.2, 0.25) is 0 Å². The number of aryl methyl sites for hydroxylation is 1. The third-order valence-electron chi connectivity index (χ3n) is 4.18. The van der Waals surface area contributed by atoms with E-state index in [4.69, 9.17) is 0 Å². The highest BCUT2D eigenvalue weighted by molar-refractivity contribution is 5.99. The highest BCUT2D eigenvalue weighted by atomic mass is 19.4. The molecule has 0 aromatic heterocycles. The number of carbonyl (C=O) groups excluding carboxylic acids is 2. The fourth-order valence-corrected chi connectivity index (χ4v) is 2.79. The summed E-state index contributed by atoms with van der Waals surface area (Å²) in [4.78, 5) is 25.9. The largest absolute Gasteiger partial charge is 0.416 e. The minimum Gasteiger partial charge on any atom is -0.267 e. The average Bonchev–Trinajstić information content (AvgIpc) is 2.60. The molecular weight excluding hydrogens is 369 g/mol. The van der Waals surface area contributed by atoms with Gasteiger partial charge in [-0.25, -0.2) is 10.0 Å². The number of benzene rings is 2. The zero-order valence-corrected chi connectivity index (χ0v) is 16.5. The molecule has 0 fully saturated rings. The van der Waals surface area contributed by atoms with Crippen molar-refractivity contribution >= 4 is 11.8 Å². The van der Waals surface area contributed by atoms with Gasteiger partial charge in [0.15, 0.2) is 0 Å². The Kier molecular flexibility index (Phi) is 5.87. The predicted molar refractivity (Wildman–Crippen MR) is 101 cm³/mol. The summed E-state index contributed by atoms with van der Waals surface area (Å²) in [6.07, 6.45) is -4.48. The first-order valence-corrected chi connectivity index (χ1v) is 8.69. The van der Waals surface area contributed by atoms with Gasteiger partial charge in [-0.2, -0.15) is 13.2 Å². The van der Waals surface area contributed by atoms with Gasteiger partial charge in [-0.1, -0.05) is 17.7 Å². The lowest BCUT2D eigenvalue weighted by molar-refractivity contribution is -0.137. The monoisotopic (exact) mass is 392 g/mol. The van der Waals surface area contributed by atoms with Crippen molar-refractivity contribution in [1.82, 2.24) is 10.0 Å². The van der Waals surface area contributed by atoms with Crippen LogP contribution in [0.15, 0.2) is 48.5 Å². The summed E-state index contributed by atoms with van der Waals surface area (Å²) >= 11 is 0.